The van der Waals surface area contributed by atoms with Gasteiger partial charge in [-0.1, -0.05) is 6.92 Å². The van der Waals surface area contributed by atoms with E-state index in [1.54, 1.807) is 18.2 Å². The number of rotatable bonds is 4. The van der Waals surface area contributed by atoms with Crippen molar-refractivity contribution in [3.05, 3.63) is 46.1 Å². The van der Waals surface area contributed by atoms with Gasteiger partial charge in [0.1, 0.15) is 0 Å². The van der Waals surface area contributed by atoms with Gasteiger partial charge in [-0.2, -0.15) is 5.10 Å². The van der Waals surface area contributed by atoms with E-state index in [1.165, 1.54) is 0 Å². The van der Waals surface area contributed by atoms with Crippen LogP contribution in [-0.2, 0) is 13.0 Å². The van der Waals surface area contributed by atoms with Crippen LogP contribution in [0.15, 0.2) is 28.7 Å². The van der Waals surface area contributed by atoms with Crippen LogP contribution in [0.25, 0.3) is 11.1 Å². The second-order valence-electron chi connectivity index (χ2n) is 4.65. The molecule has 0 fully saturated rings. The number of nitrogens with one attached hydrogen (secondary N) is 3. The number of hydrogen-bond donors (Lipinski definition) is 3. The summed E-state index contributed by atoms with van der Waals surface area (Å²) < 4.78 is 5.30. The smallest absolute Gasteiger partial charge is 0.266 e. The molecule has 0 aliphatic heterocycles. The molecule has 0 aliphatic rings. The van der Waals surface area contributed by atoms with Gasteiger partial charge in [-0.15, -0.1) is 0 Å². The van der Waals surface area contributed by atoms with E-state index in [2.05, 4.69) is 20.5 Å². The minimum atomic E-state index is -0.174. The van der Waals surface area contributed by atoms with Crippen molar-refractivity contribution in [3.8, 4) is 0 Å². The van der Waals surface area contributed by atoms with Crippen LogP contribution in [0, 0.1) is 4.84 Å². The predicted molar refractivity (Wildman–Crippen MR) is 80.5 cm³/mol. The number of hydrogen-bond acceptors (Lipinski definition) is 4. The molecule has 6 nitrogen and oxygen atoms in total. The molecular formula is C14H14N4O2S. The number of oxazole rings is 1. The number of H-pyrrole nitrogens is 2. The summed E-state index contributed by atoms with van der Waals surface area (Å²) in [6.07, 6.45) is 0.861. The fraction of sp³-hybridized carbons (Fsp3) is 0.214. The standard InChI is InChI=1S/C14H14N4O2S/c1-2-9-6-10(18-17-9)7-15-13(19)8-3-4-11-12(5-8)20-14(21)16-11/h3-6H,2,7H2,1H3,(H,15,19)(H,16,21)(H,17,18). The molecule has 7 heteroatoms. The highest BCUT2D eigenvalue weighted by Crippen LogP contribution is 2.15. The molecule has 21 heavy (non-hydrogen) atoms. The van der Waals surface area contributed by atoms with Crippen LogP contribution >= 0.6 is 12.2 Å². The Labute approximate surface area is 125 Å². The third kappa shape index (κ3) is 2.87. The van der Waals surface area contributed by atoms with Crippen LogP contribution in [0.4, 0.5) is 0 Å². The lowest BCUT2D eigenvalue weighted by atomic mass is 10.2. The van der Waals surface area contributed by atoms with Gasteiger partial charge in [0.05, 0.1) is 23.4 Å². The number of aromatic nitrogens is 3. The summed E-state index contributed by atoms with van der Waals surface area (Å²) >= 11 is 4.92. The van der Waals surface area contributed by atoms with Crippen LogP contribution in [-0.4, -0.2) is 21.1 Å². The van der Waals surface area contributed by atoms with Crippen LogP contribution in [0.3, 0.4) is 0 Å². The van der Waals surface area contributed by atoms with Crippen molar-refractivity contribution in [3.63, 3.8) is 0 Å². The minimum Gasteiger partial charge on any atom is -0.429 e. The van der Waals surface area contributed by atoms with Gasteiger partial charge in [0.25, 0.3) is 10.7 Å². The number of aryl methyl sites for hydroxylation is 1. The van der Waals surface area contributed by atoms with E-state index in [1.807, 2.05) is 13.0 Å². The van der Waals surface area contributed by atoms with E-state index >= 15 is 0 Å². The number of nitrogens with zero attached hydrogens (tertiary/aromatic N) is 1. The molecule has 0 unspecified atom stereocenters. The maximum Gasteiger partial charge on any atom is 0.266 e. The zero-order valence-electron chi connectivity index (χ0n) is 11.4. The summed E-state index contributed by atoms with van der Waals surface area (Å²) in [4.78, 5) is 15.3. The Morgan fingerprint density at radius 2 is 2.29 bits per heavy atom. The Kier molecular flexibility index (Phi) is 3.57. The number of amides is 1. The van der Waals surface area contributed by atoms with Crippen molar-refractivity contribution in [1.29, 1.82) is 0 Å². The van der Waals surface area contributed by atoms with Gasteiger partial charge in [0.2, 0.25) is 0 Å². The molecule has 1 aromatic carbocycles. The van der Waals surface area contributed by atoms with Gasteiger partial charge in [-0.3, -0.25) is 9.89 Å². The Balaban J connectivity index is 1.72. The van der Waals surface area contributed by atoms with Crippen LogP contribution < -0.4 is 5.32 Å². The molecule has 2 aromatic heterocycles. The molecular weight excluding hydrogens is 288 g/mol. The molecule has 3 aromatic rings. The monoisotopic (exact) mass is 302 g/mol. The number of carbonyl (C=O) groups excluding carboxylic acids is 1. The largest absolute Gasteiger partial charge is 0.429 e. The first kappa shape index (κ1) is 13.6. The Hall–Kier alpha value is -2.41. The molecule has 0 radical (unpaired) electrons. The maximum atomic E-state index is 12.1. The molecule has 0 aliphatic carbocycles. The van der Waals surface area contributed by atoms with Crippen LogP contribution in [0.1, 0.15) is 28.7 Å². The quantitative estimate of drug-likeness (QED) is 0.647. The van der Waals surface area contributed by atoms with Crippen LogP contribution in [0.2, 0.25) is 0 Å². The Morgan fingerprint density at radius 1 is 1.43 bits per heavy atom. The number of aromatic amines is 2. The van der Waals surface area contributed by atoms with Gasteiger partial charge in [0, 0.05) is 5.56 Å². The van der Waals surface area contributed by atoms with E-state index in [9.17, 15) is 4.79 Å². The summed E-state index contributed by atoms with van der Waals surface area (Å²) in [5.41, 5.74) is 3.72. The zero-order chi connectivity index (χ0) is 14.8. The molecule has 3 N–H and O–H groups in total. The van der Waals surface area contributed by atoms with Crippen molar-refractivity contribution in [2.75, 3.05) is 0 Å². The lowest BCUT2D eigenvalue weighted by Gasteiger charge is -2.03. The van der Waals surface area contributed by atoms with Gasteiger partial charge >= 0.3 is 0 Å². The van der Waals surface area contributed by atoms with Crippen LogP contribution in [0.5, 0.6) is 0 Å². The summed E-state index contributed by atoms with van der Waals surface area (Å²) in [7, 11) is 0. The van der Waals surface area contributed by atoms with E-state index in [4.69, 9.17) is 16.6 Å². The van der Waals surface area contributed by atoms with E-state index in [-0.39, 0.29) is 5.91 Å². The molecule has 0 saturated heterocycles. The third-order valence-corrected chi connectivity index (χ3v) is 3.35. The fourth-order valence-corrected chi connectivity index (χ4v) is 2.24. The van der Waals surface area contributed by atoms with Gasteiger partial charge < -0.3 is 14.7 Å². The Bertz CT molecular complexity index is 846. The summed E-state index contributed by atoms with van der Waals surface area (Å²) in [6.45, 7) is 2.43. The number of carbonyl (C=O) groups is 1. The first-order valence-corrected chi connectivity index (χ1v) is 7.01. The average molecular weight is 302 g/mol. The van der Waals surface area contributed by atoms with Crippen molar-refractivity contribution in [1.82, 2.24) is 20.5 Å². The average Bonchev–Trinajstić information content (AvgIpc) is 3.08. The van der Waals surface area contributed by atoms with E-state index in [0.717, 1.165) is 23.3 Å². The third-order valence-electron chi connectivity index (χ3n) is 3.17. The van der Waals surface area contributed by atoms with Crippen molar-refractivity contribution >= 4 is 29.2 Å². The highest BCUT2D eigenvalue weighted by molar-refractivity contribution is 7.71. The molecule has 0 spiro atoms. The van der Waals surface area contributed by atoms with Gasteiger partial charge in [-0.25, -0.2) is 0 Å². The lowest BCUT2D eigenvalue weighted by molar-refractivity contribution is 0.0950. The zero-order valence-corrected chi connectivity index (χ0v) is 12.2. The lowest BCUT2D eigenvalue weighted by Crippen LogP contribution is -2.22. The maximum absolute atomic E-state index is 12.1. The van der Waals surface area contributed by atoms with Gasteiger partial charge in [-0.05, 0) is 42.9 Å². The molecule has 1 amide bonds. The SMILES string of the molecule is CCc1cc(CNC(=O)c2ccc3[nH]c(=S)oc3c2)[nH]n1. The van der Waals surface area contributed by atoms with Gasteiger partial charge in [0.15, 0.2) is 5.58 Å². The molecule has 0 atom stereocenters. The molecule has 2 heterocycles. The predicted octanol–water partition coefficient (Wildman–Crippen LogP) is 2.71. The van der Waals surface area contributed by atoms with Crippen molar-refractivity contribution in [2.24, 2.45) is 0 Å². The van der Waals surface area contributed by atoms with E-state index in [0.29, 0.717) is 22.5 Å². The minimum absolute atomic E-state index is 0.174. The molecule has 0 bridgehead atoms. The first-order chi connectivity index (χ1) is 10.2. The first-order valence-electron chi connectivity index (χ1n) is 6.60. The fourth-order valence-electron chi connectivity index (χ4n) is 2.05. The highest BCUT2D eigenvalue weighted by Gasteiger charge is 2.09. The highest BCUT2D eigenvalue weighted by atomic mass is 32.1. The topological polar surface area (TPSA) is 86.7 Å². The normalized spacial score (nSPS) is 10.9. The number of benzene rings is 1. The van der Waals surface area contributed by atoms with Crippen molar-refractivity contribution in [2.45, 2.75) is 19.9 Å². The molecule has 0 saturated carbocycles. The van der Waals surface area contributed by atoms with Crippen molar-refractivity contribution < 1.29 is 9.21 Å². The summed E-state index contributed by atoms with van der Waals surface area (Å²) in [5, 5.41) is 9.85. The second-order valence-corrected chi connectivity index (χ2v) is 5.02. The summed E-state index contributed by atoms with van der Waals surface area (Å²) in [5.74, 6) is -0.174. The number of fused-ring (bicyclic) bond motifs is 1. The summed E-state index contributed by atoms with van der Waals surface area (Å²) in [6, 6.07) is 7.10. The molecule has 108 valence electrons. The molecule has 3 rings (SSSR count). The second kappa shape index (κ2) is 5.53. The van der Waals surface area contributed by atoms with E-state index < -0.39 is 0 Å². The Morgan fingerprint density at radius 3 is 3.05 bits per heavy atom.